The molecule has 0 bridgehead atoms. The maximum absolute atomic E-state index is 13.2. The molecule has 140 valence electrons. The van der Waals surface area contributed by atoms with Crippen LogP contribution in [0.5, 0.6) is 0 Å². The standard InChI is InChI=1S/C20H28N4O2/c1-22(2)14-17-16-5-3-4-6-18(16)26-19(17)20(25)24-10-7-15(13-24)23-11-8-21-9-12-23/h3-6,15,21H,7-14H2,1-2H3. The van der Waals surface area contributed by atoms with Gasteiger partial charge in [-0.2, -0.15) is 0 Å². The van der Waals surface area contributed by atoms with Gasteiger partial charge in [0.2, 0.25) is 0 Å². The Morgan fingerprint density at radius 3 is 2.77 bits per heavy atom. The van der Waals surface area contributed by atoms with E-state index in [4.69, 9.17) is 4.42 Å². The quantitative estimate of drug-likeness (QED) is 0.902. The summed E-state index contributed by atoms with van der Waals surface area (Å²) >= 11 is 0. The van der Waals surface area contributed by atoms with Gasteiger partial charge in [-0.15, -0.1) is 0 Å². The summed E-state index contributed by atoms with van der Waals surface area (Å²) in [6.07, 6.45) is 1.05. The maximum Gasteiger partial charge on any atom is 0.290 e. The number of para-hydroxylation sites is 1. The normalized spacial score (nSPS) is 21.8. The van der Waals surface area contributed by atoms with Crippen LogP contribution < -0.4 is 5.32 Å². The van der Waals surface area contributed by atoms with Crippen LogP contribution in [0.3, 0.4) is 0 Å². The molecule has 2 aromatic rings. The lowest BCUT2D eigenvalue weighted by Crippen LogP contribution is -2.49. The van der Waals surface area contributed by atoms with E-state index in [0.29, 0.717) is 18.3 Å². The van der Waals surface area contributed by atoms with E-state index >= 15 is 0 Å². The first-order valence-corrected chi connectivity index (χ1v) is 9.52. The van der Waals surface area contributed by atoms with Crippen LogP contribution in [0.1, 0.15) is 22.5 Å². The molecule has 2 fully saturated rings. The van der Waals surface area contributed by atoms with E-state index < -0.39 is 0 Å². The highest BCUT2D eigenvalue weighted by Gasteiger charge is 2.34. The predicted octanol–water partition coefficient (Wildman–Crippen LogP) is 1.61. The lowest BCUT2D eigenvalue weighted by Gasteiger charge is -2.32. The third kappa shape index (κ3) is 3.37. The van der Waals surface area contributed by atoms with Gasteiger partial charge in [0.1, 0.15) is 5.58 Å². The highest BCUT2D eigenvalue weighted by Crippen LogP contribution is 2.29. The minimum atomic E-state index is 0.0377. The number of rotatable bonds is 4. The van der Waals surface area contributed by atoms with Crippen molar-refractivity contribution in [2.45, 2.75) is 19.0 Å². The van der Waals surface area contributed by atoms with Crippen molar-refractivity contribution in [2.24, 2.45) is 0 Å². The molecule has 0 saturated carbocycles. The number of likely N-dealkylation sites (tertiary alicyclic amines) is 1. The van der Waals surface area contributed by atoms with Gasteiger partial charge in [-0.3, -0.25) is 9.69 Å². The molecule has 1 N–H and O–H groups in total. The summed E-state index contributed by atoms with van der Waals surface area (Å²) in [5.74, 6) is 0.552. The number of carbonyl (C=O) groups is 1. The van der Waals surface area contributed by atoms with Gasteiger partial charge in [0.05, 0.1) is 0 Å². The third-order valence-corrected chi connectivity index (χ3v) is 5.49. The Hall–Kier alpha value is -1.89. The molecular formula is C20H28N4O2. The summed E-state index contributed by atoms with van der Waals surface area (Å²) in [6, 6.07) is 8.42. The van der Waals surface area contributed by atoms with Crippen LogP contribution in [0.15, 0.2) is 28.7 Å². The van der Waals surface area contributed by atoms with Crippen molar-refractivity contribution in [1.29, 1.82) is 0 Å². The summed E-state index contributed by atoms with van der Waals surface area (Å²) in [4.78, 5) is 19.8. The molecule has 2 aliphatic heterocycles. The average Bonchev–Trinajstić information content (AvgIpc) is 3.27. The minimum Gasteiger partial charge on any atom is -0.451 e. The number of amides is 1. The monoisotopic (exact) mass is 356 g/mol. The fourth-order valence-electron chi connectivity index (χ4n) is 4.16. The van der Waals surface area contributed by atoms with Crippen molar-refractivity contribution in [3.8, 4) is 0 Å². The molecule has 2 saturated heterocycles. The molecule has 0 radical (unpaired) electrons. The van der Waals surface area contributed by atoms with E-state index in [9.17, 15) is 4.79 Å². The summed E-state index contributed by atoms with van der Waals surface area (Å²) in [5.41, 5.74) is 1.80. The van der Waals surface area contributed by atoms with E-state index in [1.165, 1.54) is 0 Å². The van der Waals surface area contributed by atoms with Crippen LogP contribution in [0, 0.1) is 0 Å². The van der Waals surface area contributed by atoms with Gasteiger partial charge in [-0.1, -0.05) is 18.2 Å². The molecule has 1 aromatic carbocycles. The summed E-state index contributed by atoms with van der Waals surface area (Å²) < 4.78 is 6.01. The molecule has 1 aromatic heterocycles. The van der Waals surface area contributed by atoms with Crippen LogP contribution in [0.4, 0.5) is 0 Å². The molecule has 4 rings (SSSR count). The van der Waals surface area contributed by atoms with Crippen LogP contribution in [0.2, 0.25) is 0 Å². The number of carbonyl (C=O) groups excluding carboxylic acids is 1. The van der Waals surface area contributed by atoms with Crippen LogP contribution >= 0.6 is 0 Å². The highest BCUT2D eigenvalue weighted by atomic mass is 16.3. The number of hydrogen-bond donors (Lipinski definition) is 1. The van der Waals surface area contributed by atoms with Crippen molar-refractivity contribution >= 4 is 16.9 Å². The average molecular weight is 356 g/mol. The Labute approximate surface area is 154 Å². The van der Waals surface area contributed by atoms with E-state index in [1.807, 2.05) is 43.3 Å². The second-order valence-electron chi connectivity index (χ2n) is 7.62. The van der Waals surface area contributed by atoms with Crippen molar-refractivity contribution in [2.75, 3.05) is 53.4 Å². The fraction of sp³-hybridized carbons (Fsp3) is 0.550. The molecule has 1 atom stereocenters. The van der Waals surface area contributed by atoms with Crippen LogP contribution in [-0.2, 0) is 6.54 Å². The SMILES string of the molecule is CN(C)Cc1c(C(=O)N2CCC(N3CCNCC3)C2)oc2ccccc12. The van der Waals surface area contributed by atoms with E-state index in [1.54, 1.807) is 0 Å². The Morgan fingerprint density at radius 1 is 1.23 bits per heavy atom. The molecule has 3 heterocycles. The number of nitrogens with one attached hydrogen (secondary N) is 1. The number of nitrogens with zero attached hydrogens (tertiary/aromatic N) is 3. The zero-order valence-corrected chi connectivity index (χ0v) is 15.7. The van der Waals surface area contributed by atoms with Gasteiger partial charge in [0.25, 0.3) is 5.91 Å². The van der Waals surface area contributed by atoms with Crippen molar-refractivity contribution in [1.82, 2.24) is 20.0 Å². The summed E-state index contributed by atoms with van der Waals surface area (Å²) in [7, 11) is 4.04. The molecule has 6 heteroatoms. The molecule has 0 spiro atoms. The van der Waals surface area contributed by atoms with Gasteiger partial charge in [-0.05, 0) is 26.6 Å². The first-order chi connectivity index (χ1) is 12.6. The van der Waals surface area contributed by atoms with Crippen LogP contribution in [-0.4, -0.2) is 80.0 Å². The Balaban J connectivity index is 1.56. The first kappa shape index (κ1) is 17.5. The Bertz CT molecular complexity index is 779. The van der Waals surface area contributed by atoms with E-state index in [0.717, 1.165) is 62.2 Å². The van der Waals surface area contributed by atoms with Gasteiger partial charge in [-0.25, -0.2) is 0 Å². The topological polar surface area (TPSA) is 52.0 Å². The number of benzene rings is 1. The first-order valence-electron chi connectivity index (χ1n) is 9.52. The van der Waals surface area contributed by atoms with Gasteiger partial charge in [0.15, 0.2) is 5.76 Å². The van der Waals surface area contributed by atoms with Gasteiger partial charge >= 0.3 is 0 Å². The van der Waals surface area contributed by atoms with Crippen molar-refractivity contribution in [3.05, 3.63) is 35.6 Å². The molecule has 6 nitrogen and oxygen atoms in total. The minimum absolute atomic E-state index is 0.0377. The molecular weight excluding hydrogens is 328 g/mol. The molecule has 1 amide bonds. The van der Waals surface area contributed by atoms with Crippen molar-refractivity contribution in [3.63, 3.8) is 0 Å². The van der Waals surface area contributed by atoms with Crippen molar-refractivity contribution < 1.29 is 9.21 Å². The fourth-order valence-corrected chi connectivity index (χ4v) is 4.16. The summed E-state index contributed by atoms with van der Waals surface area (Å²) in [5, 5.41) is 4.44. The molecule has 2 aliphatic rings. The van der Waals surface area contributed by atoms with Crippen LogP contribution in [0.25, 0.3) is 11.0 Å². The van der Waals surface area contributed by atoms with Gasteiger partial charge < -0.3 is 19.5 Å². The predicted molar refractivity (Wildman–Crippen MR) is 102 cm³/mol. The lowest BCUT2D eigenvalue weighted by molar-refractivity contribution is 0.0742. The van der Waals surface area contributed by atoms with E-state index in [-0.39, 0.29) is 5.91 Å². The second-order valence-corrected chi connectivity index (χ2v) is 7.62. The molecule has 26 heavy (non-hydrogen) atoms. The second kappa shape index (κ2) is 7.39. The smallest absolute Gasteiger partial charge is 0.290 e. The zero-order valence-electron chi connectivity index (χ0n) is 15.7. The number of piperazine rings is 1. The largest absolute Gasteiger partial charge is 0.451 e. The highest BCUT2D eigenvalue weighted by molar-refractivity contribution is 5.99. The number of hydrogen-bond acceptors (Lipinski definition) is 5. The van der Waals surface area contributed by atoms with Gasteiger partial charge in [0, 0.05) is 62.8 Å². The maximum atomic E-state index is 13.2. The molecule has 1 unspecified atom stereocenters. The third-order valence-electron chi connectivity index (χ3n) is 5.49. The Kier molecular flexibility index (Phi) is 4.98. The van der Waals surface area contributed by atoms with E-state index in [2.05, 4.69) is 15.1 Å². The summed E-state index contributed by atoms with van der Waals surface area (Å²) in [6.45, 7) is 6.55. The Morgan fingerprint density at radius 2 is 2.00 bits per heavy atom. The number of fused-ring (bicyclic) bond motifs is 1. The molecule has 0 aliphatic carbocycles. The lowest BCUT2D eigenvalue weighted by atomic mass is 10.1. The zero-order chi connectivity index (χ0) is 18.1. The number of furan rings is 1.